The first kappa shape index (κ1) is 18.5. The number of imidazole rings is 1. The van der Waals surface area contributed by atoms with Crippen LogP contribution in [0.15, 0.2) is 42.7 Å². The number of benzene rings is 1. The maximum atomic E-state index is 12.4. The molecule has 6 nitrogen and oxygen atoms in total. The van der Waals surface area contributed by atoms with Gasteiger partial charge in [-0.1, -0.05) is 18.2 Å². The van der Waals surface area contributed by atoms with Gasteiger partial charge in [-0.2, -0.15) is 0 Å². The van der Waals surface area contributed by atoms with Crippen LogP contribution >= 0.6 is 0 Å². The molecule has 6 heteroatoms. The normalized spacial score (nSPS) is 16.4. The van der Waals surface area contributed by atoms with Crippen molar-refractivity contribution >= 4 is 11.6 Å². The smallest absolute Gasteiger partial charge is 0.226 e. The average Bonchev–Trinajstić information content (AvgIpc) is 3.31. The van der Waals surface area contributed by atoms with E-state index in [0.29, 0.717) is 13.2 Å². The van der Waals surface area contributed by atoms with E-state index >= 15 is 0 Å². The van der Waals surface area contributed by atoms with Crippen LogP contribution in [0.4, 0.5) is 0 Å². The van der Waals surface area contributed by atoms with E-state index in [2.05, 4.69) is 10.3 Å². The van der Waals surface area contributed by atoms with Crippen molar-refractivity contribution in [2.24, 2.45) is 0 Å². The number of ether oxygens (including phenoxy) is 2. The summed E-state index contributed by atoms with van der Waals surface area (Å²) in [5, 5.41) is 2.99. The Morgan fingerprint density at radius 2 is 2.25 bits per heavy atom. The second-order valence-electron chi connectivity index (χ2n) is 7.32. The van der Waals surface area contributed by atoms with Crippen LogP contribution in [0.2, 0.25) is 0 Å². The number of carbonyl (C=O) groups is 1. The van der Waals surface area contributed by atoms with Gasteiger partial charge in [0.15, 0.2) is 0 Å². The number of pyridine rings is 1. The lowest BCUT2D eigenvalue weighted by Gasteiger charge is -2.16. The number of aromatic nitrogens is 2. The van der Waals surface area contributed by atoms with Crippen LogP contribution in [0.25, 0.3) is 5.65 Å². The molecule has 1 aromatic carbocycles. The molecule has 1 unspecified atom stereocenters. The summed E-state index contributed by atoms with van der Waals surface area (Å²) in [6, 6.07) is 10.0. The third-order valence-electron chi connectivity index (χ3n) is 4.95. The lowest BCUT2D eigenvalue weighted by molar-refractivity contribution is -0.120. The zero-order chi connectivity index (χ0) is 19.5. The van der Waals surface area contributed by atoms with E-state index in [1.165, 1.54) is 0 Å². The summed E-state index contributed by atoms with van der Waals surface area (Å²) in [5.74, 6) is 0.760. The first-order chi connectivity index (χ1) is 13.6. The van der Waals surface area contributed by atoms with Crippen molar-refractivity contribution < 1.29 is 14.3 Å². The summed E-state index contributed by atoms with van der Waals surface area (Å²) >= 11 is 0. The van der Waals surface area contributed by atoms with E-state index in [4.69, 9.17) is 9.47 Å². The van der Waals surface area contributed by atoms with Gasteiger partial charge >= 0.3 is 0 Å². The number of amides is 1. The molecule has 3 heterocycles. The Balaban J connectivity index is 1.40. The largest absolute Gasteiger partial charge is 0.488 e. The Kier molecular flexibility index (Phi) is 5.30. The van der Waals surface area contributed by atoms with Crippen molar-refractivity contribution in [2.45, 2.75) is 39.3 Å². The second kappa shape index (κ2) is 8.02. The predicted octanol–water partition coefficient (Wildman–Crippen LogP) is 2.98. The van der Waals surface area contributed by atoms with Crippen LogP contribution in [0.1, 0.15) is 28.8 Å². The SMILES string of the molecule is Cc1ccc(CNC(=O)Cc2cn3cccc(C)c3n2)c(OC2CCOC2)c1. The first-order valence-corrected chi connectivity index (χ1v) is 9.62. The number of carbonyl (C=O) groups excluding carboxylic acids is 1. The summed E-state index contributed by atoms with van der Waals surface area (Å²) in [7, 11) is 0. The molecule has 146 valence electrons. The van der Waals surface area contributed by atoms with Gasteiger partial charge in [0, 0.05) is 30.9 Å². The van der Waals surface area contributed by atoms with Gasteiger partial charge in [-0.15, -0.1) is 0 Å². The summed E-state index contributed by atoms with van der Waals surface area (Å²) in [6.45, 7) is 5.83. The Bertz CT molecular complexity index is 990. The molecule has 0 radical (unpaired) electrons. The van der Waals surface area contributed by atoms with Gasteiger partial charge in [0.1, 0.15) is 17.5 Å². The second-order valence-corrected chi connectivity index (χ2v) is 7.32. The summed E-state index contributed by atoms with van der Waals surface area (Å²) < 4.78 is 13.4. The van der Waals surface area contributed by atoms with E-state index in [-0.39, 0.29) is 18.4 Å². The van der Waals surface area contributed by atoms with Gasteiger partial charge in [-0.25, -0.2) is 4.98 Å². The fraction of sp³-hybridized carbons (Fsp3) is 0.364. The molecule has 1 amide bonds. The molecular formula is C22H25N3O3. The molecule has 0 spiro atoms. The van der Waals surface area contributed by atoms with E-state index in [1.54, 1.807) is 0 Å². The standard InChI is InChI=1S/C22H25N3O3/c1-15-5-6-17(20(10-15)28-19-7-9-27-14-19)12-23-21(26)11-18-13-25-8-3-4-16(2)22(25)24-18/h3-6,8,10,13,19H,7,9,11-12,14H2,1-2H3,(H,23,26). The lowest BCUT2D eigenvalue weighted by atomic mass is 10.1. The molecule has 3 aromatic rings. The van der Waals surface area contributed by atoms with E-state index in [9.17, 15) is 4.79 Å². The zero-order valence-corrected chi connectivity index (χ0v) is 16.3. The summed E-state index contributed by atoms with van der Waals surface area (Å²) in [6.07, 6.45) is 5.08. The molecule has 0 aliphatic carbocycles. The molecule has 1 aliphatic heterocycles. The number of nitrogens with zero attached hydrogens (tertiary/aromatic N) is 2. The first-order valence-electron chi connectivity index (χ1n) is 9.62. The number of nitrogens with one attached hydrogen (secondary N) is 1. The number of fused-ring (bicyclic) bond motifs is 1. The van der Waals surface area contributed by atoms with Gasteiger partial charge in [0.25, 0.3) is 0 Å². The Morgan fingerprint density at radius 3 is 3.04 bits per heavy atom. The Labute approximate surface area is 164 Å². The predicted molar refractivity (Wildman–Crippen MR) is 107 cm³/mol. The highest BCUT2D eigenvalue weighted by Crippen LogP contribution is 2.24. The molecule has 2 aromatic heterocycles. The topological polar surface area (TPSA) is 64.9 Å². The molecule has 1 fully saturated rings. The van der Waals surface area contributed by atoms with E-state index < -0.39 is 0 Å². The Morgan fingerprint density at radius 1 is 1.36 bits per heavy atom. The maximum Gasteiger partial charge on any atom is 0.226 e. The summed E-state index contributed by atoms with van der Waals surface area (Å²) in [5.41, 5.74) is 4.83. The van der Waals surface area contributed by atoms with Gasteiger partial charge in [0.05, 0.1) is 25.3 Å². The molecular weight excluding hydrogens is 354 g/mol. The van der Waals surface area contributed by atoms with Crippen molar-refractivity contribution in [3.8, 4) is 5.75 Å². The highest BCUT2D eigenvalue weighted by molar-refractivity contribution is 5.78. The van der Waals surface area contributed by atoms with Crippen LogP contribution in [0.3, 0.4) is 0 Å². The van der Waals surface area contributed by atoms with Crippen LogP contribution < -0.4 is 10.1 Å². The summed E-state index contributed by atoms with van der Waals surface area (Å²) in [4.78, 5) is 17.0. The molecule has 1 N–H and O–H groups in total. The maximum absolute atomic E-state index is 12.4. The minimum Gasteiger partial charge on any atom is -0.488 e. The van der Waals surface area contributed by atoms with Gasteiger partial charge < -0.3 is 19.2 Å². The van der Waals surface area contributed by atoms with Crippen LogP contribution in [-0.2, 0) is 22.5 Å². The number of hydrogen-bond donors (Lipinski definition) is 1. The van der Waals surface area contributed by atoms with E-state index in [0.717, 1.165) is 46.8 Å². The van der Waals surface area contributed by atoms with Gasteiger partial charge in [0.2, 0.25) is 5.91 Å². The van der Waals surface area contributed by atoms with Gasteiger partial charge in [-0.05, 0) is 37.1 Å². The molecule has 1 saturated heterocycles. The third-order valence-corrected chi connectivity index (χ3v) is 4.95. The van der Waals surface area contributed by atoms with Crippen LogP contribution in [-0.4, -0.2) is 34.6 Å². The van der Waals surface area contributed by atoms with Crippen molar-refractivity contribution in [1.82, 2.24) is 14.7 Å². The average molecular weight is 379 g/mol. The molecule has 0 bridgehead atoms. The van der Waals surface area contributed by atoms with Crippen molar-refractivity contribution in [3.63, 3.8) is 0 Å². The zero-order valence-electron chi connectivity index (χ0n) is 16.3. The highest BCUT2D eigenvalue weighted by Gasteiger charge is 2.19. The molecule has 1 aliphatic rings. The molecule has 28 heavy (non-hydrogen) atoms. The van der Waals surface area contributed by atoms with Crippen LogP contribution in [0, 0.1) is 13.8 Å². The Hall–Kier alpha value is -2.86. The minimum atomic E-state index is -0.0585. The lowest BCUT2D eigenvalue weighted by Crippen LogP contribution is -2.25. The molecule has 4 rings (SSSR count). The van der Waals surface area contributed by atoms with Crippen molar-refractivity contribution in [2.75, 3.05) is 13.2 Å². The minimum absolute atomic E-state index is 0.0585. The highest BCUT2D eigenvalue weighted by atomic mass is 16.5. The number of rotatable bonds is 6. The number of aryl methyl sites for hydroxylation is 2. The molecule has 0 saturated carbocycles. The monoisotopic (exact) mass is 379 g/mol. The third kappa shape index (κ3) is 4.17. The fourth-order valence-electron chi connectivity index (χ4n) is 3.41. The molecule has 1 atom stereocenters. The number of hydrogen-bond acceptors (Lipinski definition) is 4. The van der Waals surface area contributed by atoms with Crippen molar-refractivity contribution in [1.29, 1.82) is 0 Å². The van der Waals surface area contributed by atoms with Crippen molar-refractivity contribution in [3.05, 3.63) is 65.1 Å². The van der Waals surface area contributed by atoms with E-state index in [1.807, 2.05) is 61.0 Å². The quantitative estimate of drug-likeness (QED) is 0.715. The fourth-order valence-corrected chi connectivity index (χ4v) is 3.41. The van der Waals surface area contributed by atoms with Crippen LogP contribution in [0.5, 0.6) is 5.75 Å². The van der Waals surface area contributed by atoms with Gasteiger partial charge in [-0.3, -0.25) is 4.79 Å².